The highest BCUT2D eigenvalue weighted by Crippen LogP contribution is 2.39. The van der Waals surface area contributed by atoms with Crippen LogP contribution in [-0.2, 0) is 9.59 Å². The summed E-state index contributed by atoms with van der Waals surface area (Å²) in [6.07, 6.45) is 0. The maximum Gasteiger partial charge on any atom is 0.228 e. The molecule has 1 aromatic carbocycles. The van der Waals surface area contributed by atoms with Crippen LogP contribution in [0, 0.1) is 17.2 Å². The molecule has 0 radical (unpaired) electrons. The fourth-order valence-electron chi connectivity index (χ4n) is 2.42. The van der Waals surface area contributed by atoms with E-state index >= 15 is 0 Å². The summed E-state index contributed by atoms with van der Waals surface area (Å²) < 4.78 is 0. The highest BCUT2D eigenvalue weighted by molar-refractivity contribution is 8.14. The lowest BCUT2D eigenvalue weighted by molar-refractivity contribution is -0.120. The second-order valence-electron chi connectivity index (χ2n) is 4.88. The fraction of sp³-hybridized carbons (Fsp3) is 0.200. The molecule has 2 unspecified atom stereocenters. The van der Waals surface area contributed by atoms with Gasteiger partial charge in [0.15, 0.2) is 0 Å². The number of rotatable bonds is 4. The summed E-state index contributed by atoms with van der Waals surface area (Å²) in [5, 5.41) is 9.70. The van der Waals surface area contributed by atoms with E-state index in [9.17, 15) is 14.9 Å². The number of benzene rings is 1. The normalized spacial score (nSPS) is 20.6. The molecule has 2 atom stereocenters. The number of nitrogens with zero attached hydrogens (tertiary/aromatic N) is 2. The number of carbonyl (C=O) groups excluding carboxylic acids is 2. The van der Waals surface area contributed by atoms with E-state index in [2.05, 4.69) is 4.99 Å². The Hall–Kier alpha value is -2.79. The van der Waals surface area contributed by atoms with Crippen molar-refractivity contribution >= 4 is 28.6 Å². The number of nitrogens with two attached hydrogens (primary N) is 3. The molecule has 7 nitrogen and oxygen atoms in total. The van der Waals surface area contributed by atoms with Gasteiger partial charge in [0.05, 0.1) is 28.4 Å². The molecule has 0 aromatic heterocycles. The van der Waals surface area contributed by atoms with E-state index in [0.717, 1.165) is 17.3 Å². The molecule has 1 heterocycles. The van der Waals surface area contributed by atoms with Gasteiger partial charge in [-0.1, -0.05) is 42.1 Å². The Kier molecular flexibility index (Phi) is 5.03. The van der Waals surface area contributed by atoms with Crippen molar-refractivity contribution < 1.29 is 9.59 Å². The zero-order valence-corrected chi connectivity index (χ0v) is 12.9. The fourth-order valence-corrected chi connectivity index (χ4v) is 3.30. The van der Waals surface area contributed by atoms with E-state index in [1.54, 1.807) is 24.3 Å². The molecule has 118 valence electrons. The second-order valence-corrected chi connectivity index (χ2v) is 5.88. The highest BCUT2D eigenvalue weighted by atomic mass is 32.2. The van der Waals surface area contributed by atoms with E-state index in [0.29, 0.717) is 5.04 Å². The first-order valence-electron chi connectivity index (χ1n) is 6.69. The van der Waals surface area contributed by atoms with Gasteiger partial charge < -0.3 is 17.2 Å². The molecule has 8 heteroatoms. The smallest absolute Gasteiger partial charge is 0.228 e. The summed E-state index contributed by atoms with van der Waals surface area (Å²) in [7, 11) is 0. The number of amides is 2. The number of allylic oxidation sites excluding steroid dienone is 1. The molecule has 1 aliphatic heterocycles. The number of hydrogen-bond acceptors (Lipinski definition) is 6. The van der Waals surface area contributed by atoms with Gasteiger partial charge in [-0.25, -0.2) is 4.99 Å². The molecule has 2 amide bonds. The predicted molar refractivity (Wildman–Crippen MR) is 87.8 cm³/mol. The van der Waals surface area contributed by atoms with Gasteiger partial charge in [-0.15, -0.1) is 0 Å². The van der Waals surface area contributed by atoms with Crippen LogP contribution in [0.5, 0.6) is 0 Å². The van der Waals surface area contributed by atoms with Crippen LogP contribution in [0.2, 0.25) is 0 Å². The molecule has 0 spiro atoms. The third-order valence-electron chi connectivity index (χ3n) is 3.36. The quantitative estimate of drug-likeness (QED) is 0.721. The summed E-state index contributed by atoms with van der Waals surface area (Å²) in [6.45, 7) is 0. The number of nitriles is 1. The molecule has 0 fully saturated rings. The van der Waals surface area contributed by atoms with Crippen molar-refractivity contribution in [1.82, 2.24) is 0 Å². The van der Waals surface area contributed by atoms with Gasteiger partial charge in [0.1, 0.15) is 5.82 Å². The largest absolute Gasteiger partial charge is 0.383 e. The zero-order valence-electron chi connectivity index (χ0n) is 12.1. The maximum atomic E-state index is 12.0. The summed E-state index contributed by atoms with van der Waals surface area (Å²) in [5.74, 6) is -2.74. The van der Waals surface area contributed by atoms with Crippen LogP contribution >= 0.6 is 11.8 Å². The third-order valence-corrected chi connectivity index (χ3v) is 4.43. The first-order chi connectivity index (χ1) is 11.0. The van der Waals surface area contributed by atoms with Crippen LogP contribution in [0.25, 0.3) is 0 Å². The van der Waals surface area contributed by atoms with E-state index in [-0.39, 0.29) is 17.1 Å². The van der Waals surface area contributed by atoms with Gasteiger partial charge in [-0.3, -0.25) is 9.59 Å². The van der Waals surface area contributed by atoms with E-state index < -0.39 is 23.7 Å². The number of carbonyl (C=O) groups is 2. The van der Waals surface area contributed by atoms with Gasteiger partial charge in [-0.2, -0.15) is 5.26 Å². The molecule has 1 aliphatic rings. The highest BCUT2D eigenvalue weighted by Gasteiger charge is 2.39. The molecule has 0 bridgehead atoms. The van der Waals surface area contributed by atoms with Crippen molar-refractivity contribution in [2.75, 3.05) is 5.75 Å². The van der Waals surface area contributed by atoms with Crippen LogP contribution in [0.4, 0.5) is 0 Å². The topological polar surface area (TPSA) is 148 Å². The molecule has 0 aliphatic carbocycles. The number of thioether (sulfide) groups is 1. The van der Waals surface area contributed by atoms with Gasteiger partial charge in [0, 0.05) is 5.92 Å². The minimum Gasteiger partial charge on any atom is -0.383 e. The first kappa shape index (κ1) is 16.6. The minimum absolute atomic E-state index is 0.0193. The number of primary amides is 2. The van der Waals surface area contributed by atoms with Gasteiger partial charge in [0.25, 0.3) is 0 Å². The Morgan fingerprint density at radius 3 is 2.43 bits per heavy atom. The summed E-state index contributed by atoms with van der Waals surface area (Å²) in [5.41, 5.74) is 17.4. The Balaban J connectivity index is 2.54. The van der Waals surface area contributed by atoms with Gasteiger partial charge in [0.2, 0.25) is 11.8 Å². The molecule has 1 aromatic rings. The zero-order chi connectivity index (χ0) is 17.0. The lowest BCUT2D eigenvalue weighted by atomic mass is 9.79. The Morgan fingerprint density at radius 2 is 1.91 bits per heavy atom. The van der Waals surface area contributed by atoms with Crippen molar-refractivity contribution in [1.29, 1.82) is 5.26 Å². The summed E-state index contributed by atoms with van der Waals surface area (Å²) in [6, 6.07) is 11.0. The average molecular weight is 329 g/mol. The van der Waals surface area contributed by atoms with Crippen LogP contribution < -0.4 is 17.2 Å². The van der Waals surface area contributed by atoms with Gasteiger partial charge >= 0.3 is 0 Å². The second kappa shape index (κ2) is 6.98. The standard InChI is InChI=1S/C15H15N5O2S/c16-6-9-11(8-4-2-1-3-5-8)12(14(19)22)15(20-13(9)18)23-7-10(17)21/h1-5,11-12H,7,18H2,(H2,17,21)(H2,19,22). The van der Waals surface area contributed by atoms with Crippen LogP contribution in [0.15, 0.2) is 46.7 Å². The van der Waals surface area contributed by atoms with E-state index in [4.69, 9.17) is 17.2 Å². The van der Waals surface area contributed by atoms with E-state index in [1.807, 2.05) is 12.1 Å². The summed E-state index contributed by atoms with van der Waals surface area (Å²) >= 11 is 1.01. The van der Waals surface area contributed by atoms with Crippen molar-refractivity contribution in [2.24, 2.45) is 28.1 Å². The van der Waals surface area contributed by atoms with Crippen molar-refractivity contribution in [3.63, 3.8) is 0 Å². The van der Waals surface area contributed by atoms with Crippen LogP contribution in [0.1, 0.15) is 11.5 Å². The number of aliphatic imine (C=N–C) groups is 1. The molecule has 0 saturated heterocycles. The molecular formula is C15H15N5O2S. The SMILES string of the molecule is N#CC1=C(N)N=C(SCC(N)=O)C(C(N)=O)C1c1ccccc1. The van der Waals surface area contributed by atoms with Crippen LogP contribution in [-0.4, -0.2) is 22.6 Å². The molecule has 6 N–H and O–H groups in total. The molecule has 0 saturated carbocycles. The molecule has 2 rings (SSSR count). The monoisotopic (exact) mass is 329 g/mol. The lowest BCUT2D eigenvalue weighted by Gasteiger charge is -2.29. The Bertz CT molecular complexity index is 736. The molecular weight excluding hydrogens is 314 g/mol. The van der Waals surface area contributed by atoms with Crippen LogP contribution in [0.3, 0.4) is 0 Å². The van der Waals surface area contributed by atoms with Crippen molar-refractivity contribution in [3.05, 3.63) is 47.3 Å². The number of hydrogen-bond donors (Lipinski definition) is 3. The van der Waals surface area contributed by atoms with Crippen molar-refractivity contribution in [3.8, 4) is 6.07 Å². The predicted octanol–water partition coefficient (Wildman–Crippen LogP) is 0.196. The van der Waals surface area contributed by atoms with Crippen molar-refractivity contribution in [2.45, 2.75) is 5.92 Å². The Morgan fingerprint density at radius 1 is 1.26 bits per heavy atom. The first-order valence-corrected chi connectivity index (χ1v) is 7.68. The average Bonchev–Trinajstić information content (AvgIpc) is 2.52. The molecule has 23 heavy (non-hydrogen) atoms. The van der Waals surface area contributed by atoms with E-state index in [1.165, 1.54) is 0 Å². The third kappa shape index (κ3) is 3.52. The van der Waals surface area contributed by atoms with Gasteiger partial charge in [-0.05, 0) is 5.56 Å². The Labute approximate surface area is 137 Å². The minimum atomic E-state index is -0.872. The maximum absolute atomic E-state index is 12.0. The lowest BCUT2D eigenvalue weighted by Crippen LogP contribution is -2.38. The summed E-state index contributed by atoms with van der Waals surface area (Å²) in [4.78, 5) is 27.1.